The topological polar surface area (TPSA) is 46.3 Å². The fourth-order valence-corrected chi connectivity index (χ4v) is 3.51. The Hall–Kier alpha value is -2.10. The number of aromatic nitrogens is 1. The van der Waals surface area contributed by atoms with Crippen LogP contribution in [0.15, 0.2) is 53.1 Å². The molecule has 2 heterocycles. The summed E-state index contributed by atoms with van der Waals surface area (Å²) >= 11 is 0. The average Bonchev–Trinajstić information content (AvgIpc) is 3.28. The number of nitrogens with zero attached hydrogens (tertiary/aromatic N) is 1. The van der Waals surface area contributed by atoms with Crippen LogP contribution in [-0.2, 0) is 25.7 Å². The molecule has 3 nitrogen and oxygen atoms in total. The summed E-state index contributed by atoms with van der Waals surface area (Å²) in [6, 6.07) is 14.6. The summed E-state index contributed by atoms with van der Waals surface area (Å²) in [5.74, 6) is 0.837. The summed E-state index contributed by atoms with van der Waals surface area (Å²) in [5.41, 5.74) is 7.42. The Bertz CT molecular complexity index is 826. The first-order chi connectivity index (χ1) is 11.8. The number of hydrogen-bond donors (Lipinski definition) is 1. The first kappa shape index (κ1) is 17.7. The first-order valence-corrected chi connectivity index (χ1v) is 8.58. The molecule has 130 valence electrons. The van der Waals surface area contributed by atoms with E-state index >= 15 is 0 Å². The van der Waals surface area contributed by atoms with E-state index in [0.717, 1.165) is 30.7 Å². The van der Waals surface area contributed by atoms with E-state index in [1.54, 1.807) is 6.26 Å². The Morgan fingerprint density at radius 3 is 2.56 bits per heavy atom. The maximum atomic E-state index is 9.04. The molecule has 3 aromatic rings. The van der Waals surface area contributed by atoms with Crippen LogP contribution in [0, 0.1) is 0 Å². The van der Waals surface area contributed by atoms with Gasteiger partial charge in [0.15, 0.2) is 5.76 Å². The quantitative estimate of drug-likeness (QED) is 0.738. The van der Waals surface area contributed by atoms with Gasteiger partial charge >= 0.3 is 0 Å². The fourth-order valence-electron chi connectivity index (χ4n) is 3.51. The fraction of sp³-hybridized carbons (Fsp3) is 0.286. The smallest absolute Gasteiger partial charge is 0.152 e. The lowest BCUT2D eigenvalue weighted by atomic mass is 9.97. The first-order valence-electron chi connectivity index (χ1n) is 8.58. The van der Waals surface area contributed by atoms with Crippen molar-refractivity contribution in [3.63, 3.8) is 0 Å². The number of halogens is 1. The van der Waals surface area contributed by atoms with Crippen LogP contribution in [0.1, 0.15) is 34.4 Å². The molecular weight excluding hydrogens is 334 g/mol. The van der Waals surface area contributed by atoms with Crippen molar-refractivity contribution < 1.29 is 9.52 Å². The molecule has 1 aliphatic rings. The minimum Gasteiger partial charge on any atom is -0.463 e. The molecule has 0 bridgehead atoms. The van der Waals surface area contributed by atoms with E-state index < -0.39 is 0 Å². The van der Waals surface area contributed by atoms with E-state index in [-0.39, 0.29) is 19.0 Å². The van der Waals surface area contributed by atoms with Gasteiger partial charge in [-0.1, -0.05) is 24.3 Å². The number of rotatable bonds is 5. The van der Waals surface area contributed by atoms with Gasteiger partial charge in [0, 0.05) is 12.3 Å². The van der Waals surface area contributed by atoms with Crippen molar-refractivity contribution in [2.75, 3.05) is 6.61 Å². The third-order valence-corrected chi connectivity index (χ3v) is 4.73. The molecule has 4 rings (SSSR count). The van der Waals surface area contributed by atoms with Crippen molar-refractivity contribution in [3.8, 4) is 11.5 Å². The molecule has 0 fully saturated rings. The van der Waals surface area contributed by atoms with Crippen molar-refractivity contribution in [3.05, 3.63) is 76.7 Å². The van der Waals surface area contributed by atoms with E-state index in [9.17, 15) is 0 Å². The van der Waals surface area contributed by atoms with Crippen LogP contribution in [0.5, 0.6) is 0 Å². The molecule has 0 saturated carbocycles. The third-order valence-electron chi connectivity index (χ3n) is 4.73. The predicted octanol–water partition coefficient (Wildman–Crippen LogP) is 4.38. The second kappa shape index (κ2) is 7.85. The van der Waals surface area contributed by atoms with Gasteiger partial charge in [0.25, 0.3) is 0 Å². The summed E-state index contributed by atoms with van der Waals surface area (Å²) in [6.45, 7) is 0.198. The van der Waals surface area contributed by atoms with Crippen molar-refractivity contribution in [1.29, 1.82) is 0 Å². The standard InChI is InChI=1S/C21H21NO2.ClH/c23-11-10-15-6-8-16(9-7-15)13-17-14-20(21-5-2-12-24-21)22-19-4-1-3-18(17)19;/h2,5-9,12,14,23H,1,3-4,10-11,13H2;1H. The van der Waals surface area contributed by atoms with E-state index in [4.69, 9.17) is 14.5 Å². The maximum absolute atomic E-state index is 9.04. The predicted molar refractivity (Wildman–Crippen MR) is 101 cm³/mol. The summed E-state index contributed by atoms with van der Waals surface area (Å²) < 4.78 is 5.54. The average molecular weight is 356 g/mol. The molecular formula is C21H22ClNO2. The Morgan fingerprint density at radius 2 is 1.84 bits per heavy atom. The van der Waals surface area contributed by atoms with Gasteiger partial charge < -0.3 is 9.52 Å². The van der Waals surface area contributed by atoms with Crippen molar-refractivity contribution in [2.24, 2.45) is 0 Å². The molecule has 1 aromatic carbocycles. The lowest BCUT2D eigenvalue weighted by Gasteiger charge is -2.11. The van der Waals surface area contributed by atoms with Crippen LogP contribution in [-0.4, -0.2) is 16.7 Å². The Kier molecular flexibility index (Phi) is 5.57. The molecule has 0 amide bonds. The number of fused-ring (bicyclic) bond motifs is 1. The molecule has 0 atom stereocenters. The molecule has 0 unspecified atom stereocenters. The van der Waals surface area contributed by atoms with Gasteiger partial charge in [0.1, 0.15) is 5.69 Å². The third kappa shape index (κ3) is 3.78. The van der Waals surface area contributed by atoms with Crippen molar-refractivity contribution in [2.45, 2.75) is 32.1 Å². The summed E-state index contributed by atoms with van der Waals surface area (Å²) in [5, 5.41) is 9.04. The molecule has 25 heavy (non-hydrogen) atoms. The van der Waals surface area contributed by atoms with Crippen LogP contribution in [0.4, 0.5) is 0 Å². The molecule has 0 saturated heterocycles. The molecule has 4 heteroatoms. The normalized spacial score (nSPS) is 12.7. The maximum Gasteiger partial charge on any atom is 0.152 e. The second-order valence-corrected chi connectivity index (χ2v) is 6.39. The number of aryl methyl sites for hydroxylation is 1. The number of pyridine rings is 1. The van der Waals surface area contributed by atoms with Gasteiger partial charge in [-0.2, -0.15) is 0 Å². The Morgan fingerprint density at radius 1 is 1.04 bits per heavy atom. The molecule has 0 radical (unpaired) electrons. The number of hydrogen-bond acceptors (Lipinski definition) is 3. The van der Waals surface area contributed by atoms with Gasteiger partial charge in [-0.15, -0.1) is 12.4 Å². The van der Waals surface area contributed by atoms with Gasteiger partial charge in [-0.05, 0) is 72.6 Å². The summed E-state index contributed by atoms with van der Waals surface area (Å²) in [7, 11) is 0. The molecule has 2 aromatic heterocycles. The molecule has 0 aliphatic heterocycles. The van der Waals surface area contributed by atoms with Crippen molar-refractivity contribution >= 4 is 12.4 Å². The SMILES string of the molecule is Cl.OCCc1ccc(Cc2cc(-c3ccco3)nc3c2CCC3)cc1. The highest BCUT2D eigenvalue weighted by atomic mass is 35.5. The van der Waals surface area contributed by atoms with E-state index in [0.29, 0.717) is 6.42 Å². The lowest BCUT2D eigenvalue weighted by Crippen LogP contribution is -2.00. The molecule has 1 aliphatic carbocycles. The van der Waals surface area contributed by atoms with Crippen LogP contribution in [0.25, 0.3) is 11.5 Å². The highest BCUT2D eigenvalue weighted by molar-refractivity contribution is 5.85. The minimum atomic E-state index is 0. The Labute approximate surface area is 154 Å². The number of furan rings is 1. The highest BCUT2D eigenvalue weighted by Gasteiger charge is 2.19. The zero-order valence-electron chi connectivity index (χ0n) is 14.1. The van der Waals surface area contributed by atoms with Gasteiger partial charge in [0.2, 0.25) is 0 Å². The van der Waals surface area contributed by atoms with Gasteiger partial charge in [-0.3, -0.25) is 0 Å². The summed E-state index contributed by atoms with van der Waals surface area (Å²) in [4.78, 5) is 4.81. The van der Waals surface area contributed by atoms with Gasteiger partial charge in [-0.25, -0.2) is 4.98 Å². The highest BCUT2D eigenvalue weighted by Crippen LogP contribution is 2.30. The van der Waals surface area contributed by atoms with Crippen LogP contribution < -0.4 is 0 Å². The zero-order valence-corrected chi connectivity index (χ0v) is 14.9. The Balaban J connectivity index is 0.00000182. The lowest BCUT2D eigenvalue weighted by molar-refractivity contribution is 0.299. The molecule has 0 spiro atoms. The van der Waals surface area contributed by atoms with Crippen LogP contribution in [0.3, 0.4) is 0 Å². The zero-order chi connectivity index (χ0) is 16.4. The number of aliphatic hydroxyl groups is 1. The monoisotopic (exact) mass is 355 g/mol. The minimum absolute atomic E-state index is 0. The van der Waals surface area contributed by atoms with Crippen LogP contribution >= 0.6 is 12.4 Å². The largest absolute Gasteiger partial charge is 0.463 e. The van der Waals surface area contributed by atoms with E-state index in [1.807, 2.05) is 12.1 Å². The van der Waals surface area contributed by atoms with Crippen molar-refractivity contribution in [1.82, 2.24) is 4.98 Å². The second-order valence-electron chi connectivity index (χ2n) is 6.39. The number of aliphatic hydroxyl groups excluding tert-OH is 1. The van der Waals surface area contributed by atoms with Gasteiger partial charge in [0.05, 0.1) is 6.26 Å². The number of benzene rings is 1. The van der Waals surface area contributed by atoms with E-state index in [1.165, 1.54) is 34.4 Å². The summed E-state index contributed by atoms with van der Waals surface area (Å²) in [6.07, 6.45) is 6.70. The van der Waals surface area contributed by atoms with Crippen LogP contribution in [0.2, 0.25) is 0 Å². The van der Waals surface area contributed by atoms with E-state index in [2.05, 4.69) is 30.3 Å². The molecule has 1 N–H and O–H groups in total.